The number of nitrogens with one attached hydrogen (secondary N) is 1. The van der Waals surface area contributed by atoms with Crippen LogP contribution >= 0.6 is 0 Å². The number of aliphatic carboxylic acids is 1. The largest absolute Gasteiger partial charge is 0.481 e. The van der Waals surface area contributed by atoms with Crippen LogP contribution in [0.2, 0.25) is 0 Å². The molecule has 34 heavy (non-hydrogen) atoms. The summed E-state index contributed by atoms with van der Waals surface area (Å²) in [6, 6.07) is 15.2. The molecule has 8 nitrogen and oxygen atoms in total. The molecule has 0 spiro atoms. The Hall–Kier alpha value is -3.39. The van der Waals surface area contributed by atoms with Gasteiger partial charge in [0.2, 0.25) is 0 Å². The Bertz CT molecular complexity index is 1030. The molecule has 4 rings (SSSR count). The first-order chi connectivity index (χ1) is 16.4. The van der Waals surface area contributed by atoms with Crippen LogP contribution in [0.15, 0.2) is 48.5 Å². The smallest absolute Gasteiger partial charge is 0.407 e. The minimum atomic E-state index is -0.973. The SMILES string of the molecule is CCN(C(=O)C1OCCC1NC(=O)OCC1c2ccccc2-c2ccccc21)C(C)CC(=O)O. The van der Waals surface area contributed by atoms with E-state index in [1.165, 1.54) is 4.90 Å². The number of carbonyl (C=O) groups is 3. The third kappa shape index (κ3) is 4.77. The first-order valence-electron chi connectivity index (χ1n) is 11.7. The number of carboxylic acids is 1. The van der Waals surface area contributed by atoms with Crippen LogP contribution in [0.5, 0.6) is 0 Å². The molecule has 1 aliphatic carbocycles. The van der Waals surface area contributed by atoms with Crippen LogP contribution in [0.1, 0.15) is 43.7 Å². The van der Waals surface area contributed by atoms with E-state index in [9.17, 15) is 14.4 Å². The predicted octanol–water partition coefficient (Wildman–Crippen LogP) is 3.39. The molecule has 3 unspecified atom stereocenters. The van der Waals surface area contributed by atoms with Crippen LogP contribution in [0.3, 0.4) is 0 Å². The van der Waals surface area contributed by atoms with Gasteiger partial charge in [-0.2, -0.15) is 0 Å². The maximum atomic E-state index is 13.0. The Kier molecular flexibility index (Phi) is 7.17. The number of hydrogen-bond acceptors (Lipinski definition) is 5. The van der Waals surface area contributed by atoms with Crippen molar-refractivity contribution in [1.82, 2.24) is 10.2 Å². The molecular weight excluding hydrogens is 436 g/mol. The van der Waals surface area contributed by atoms with Crippen molar-refractivity contribution in [3.63, 3.8) is 0 Å². The third-order valence-corrected chi connectivity index (χ3v) is 6.61. The number of hydrogen-bond donors (Lipinski definition) is 2. The molecular formula is C26H30N2O6. The van der Waals surface area contributed by atoms with E-state index in [0.717, 1.165) is 22.3 Å². The lowest BCUT2D eigenvalue weighted by atomic mass is 9.98. The monoisotopic (exact) mass is 466 g/mol. The van der Waals surface area contributed by atoms with E-state index in [4.69, 9.17) is 14.6 Å². The molecule has 2 amide bonds. The molecule has 0 radical (unpaired) electrons. The fourth-order valence-electron chi connectivity index (χ4n) is 4.98. The second-order valence-electron chi connectivity index (χ2n) is 8.73. The molecule has 8 heteroatoms. The van der Waals surface area contributed by atoms with Gasteiger partial charge in [-0.15, -0.1) is 0 Å². The van der Waals surface area contributed by atoms with E-state index in [-0.39, 0.29) is 24.9 Å². The Morgan fingerprint density at radius 3 is 2.32 bits per heavy atom. The van der Waals surface area contributed by atoms with Crippen molar-refractivity contribution in [2.45, 2.75) is 50.8 Å². The van der Waals surface area contributed by atoms with E-state index >= 15 is 0 Å². The molecule has 180 valence electrons. The topological polar surface area (TPSA) is 105 Å². The van der Waals surface area contributed by atoms with E-state index in [0.29, 0.717) is 19.6 Å². The highest BCUT2D eigenvalue weighted by Gasteiger charge is 2.39. The van der Waals surface area contributed by atoms with E-state index in [1.54, 1.807) is 13.8 Å². The zero-order valence-electron chi connectivity index (χ0n) is 19.4. The highest BCUT2D eigenvalue weighted by Crippen LogP contribution is 2.44. The molecule has 2 aromatic rings. The van der Waals surface area contributed by atoms with Gasteiger partial charge in [-0.25, -0.2) is 4.79 Å². The maximum Gasteiger partial charge on any atom is 0.407 e. The van der Waals surface area contributed by atoms with Gasteiger partial charge >= 0.3 is 12.1 Å². The summed E-state index contributed by atoms with van der Waals surface area (Å²) in [6.07, 6.45) is -1.14. The molecule has 1 saturated heterocycles. The second kappa shape index (κ2) is 10.3. The number of carboxylic acid groups (broad SMARTS) is 1. The number of benzene rings is 2. The average molecular weight is 467 g/mol. The van der Waals surface area contributed by atoms with Crippen LogP contribution in [-0.4, -0.2) is 65.9 Å². The molecule has 2 aliphatic rings. The van der Waals surface area contributed by atoms with Gasteiger partial charge in [0.1, 0.15) is 6.61 Å². The van der Waals surface area contributed by atoms with Gasteiger partial charge in [0, 0.05) is 25.1 Å². The molecule has 0 bridgehead atoms. The lowest BCUT2D eigenvalue weighted by Gasteiger charge is -2.31. The van der Waals surface area contributed by atoms with Crippen LogP contribution in [0.25, 0.3) is 11.1 Å². The summed E-state index contributed by atoms with van der Waals surface area (Å²) in [5, 5.41) is 11.9. The van der Waals surface area contributed by atoms with E-state index < -0.39 is 30.3 Å². The van der Waals surface area contributed by atoms with Crippen LogP contribution in [0.4, 0.5) is 4.79 Å². The zero-order chi connectivity index (χ0) is 24.2. The standard InChI is InChI=1S/C26H30N2O6/c1-3-28(16(2)14-23(29)30)25(31)24-22(12-13-33-24)27-26(32)34-15-21-19-10-6-4-8-17(19)18-9-5-7-11-20(18)21/h4-11,16,21-22,24H,3,12-15H2,1-2H3,(H,27,32)(H,29,30). The Morgan fingerprint density at radius 1 is 1.12 bits per heavy atom. The van der Waals surface area contributed by atoms with Crippen molar-refractivity contribution in [3.05, 3.63) is 59.7 Å². The second-order valence-corrected chi connectivity index (χ2v) is 8.73. The van der Waals surface area contributed by atoms with Gasteiger partial charge in [0.25, 0.3) is 5.91 Å². The van der Waals surface area contributed by atoms with Crippen LogP contribution in [0, 0.1) is 0 Å². The lowest BCUT2D eigenvalue weighted by molar-refractivity contribution is -0.146. The molecule has 3 atom stereocenters. The van der Waals surface area contributed by atoms with E-state index in [1.807, 2.05) is 24.3 Å². The number of rotatable bonds is 8. The van der Waals surface area contributed by atoms with Crippen molar-refractivity contribution in [2.75, 3.05) is 19.8 Å². The number of alkyl carbamates (subject to hydrolysis) is 1. The molecule has 2 N–H and O–H groups in total. The summed E-state index contributed by atoms with van der Waals surface area (Å²) in [5.41, 5.74) is 4.55. The first kappa shape index (κ1) is 23.8. The lowest BCUT2D eigenvalue weighted by Crippen LogP contribution is -2.52. The van der Waals surface area contributed by atoms with Crippen molar-refractivity contribution in [2.24, 2.45) is 0 Å². The summed E-state index contributed by atoms with van der Waals surface area (Å²) < 4.78 is 11.2. The van der Waals surface area contributed by atoms with Crippen LogP contribution < -0.4 is 5.32 Å². The summed E-state index contributed by atoms with van der Waals surface area (Å²) in [5.74, 6) is -1.35. The summed E-state index contributed by atoms with van der Waals surface area (Å²) in [6.45, 7) is 4.35. The number of carbonyl (C=O) groups excluding carboxylic acids is 2. The van der Waals surface area contributed by atoms with Gasteiger partial charge < -0.3 is 24.8 Å². The number of ether oxygens (including phenoxy) is 2. The van der Waals surface area contributed by atoms with Crippen LogP contribution in [-0.2, 0) is 19.1 Å². The third-order valence-electron chi connectivity index (χ3n) is 6.61. The number of fused-ring (bicyclic) bond motifs is 3. The van der Waals surface area contributed by atoms with Crippen molar-refractivity contribution >= 4 is 18.0 Å². The molecule has 1 aliphatic heterocycles. The molecule has 0 saturated carbocycles. The number of nitrogens with zero attached hydrogens (tertiary/aromatic N) is 1. The van der Waals surface area contributed by atoms with Gasteiger partial charge in [-0.3, -0.25) is 9.59 Å². The van der Waals surface area contributed by atoms with Crippen molar-refractivity contribution < 1.29 is 29.0 Å². The first-order valence-corrected chi connectivity index (χ1v) is 11.7. The molecule has 2 aromatic carbocycles. The highest BCUT2D eigenvalue weighted by atomic mass is 16.6. The number of amides is 2. The fraction of sp³-hybridized carbons (Fsp3) is 0.423. The van der Waals surface area contributed by atoms with Gasteiger partial charge in [-0.05, 0) is 42.5 Å². The number of likely N-dealkylation sites (N-methyl/N-ethyl adjacent to an activating group) is 1. The molecule has 0 aromatic heterocycles. The van der Waals surface area contributed by atoms with Gasteiger partial charge in [0.15, 0.2) is 6.10 Å². The zero-order valence-corrected chi connectivity index (χ0v) is 19.4. The summed E-state index contributed by atoms with van der Waals surface area (Å²) in [4.78, 5) is 38.3. The van der Waals surface area contributed by atoms with Crippen molar-refractivity contribution in [1.29, 1.82) is 0 Å². The van der Waals surface area contributed by atoms with Gasteiger partial charge in [0.05, 0.1) is 12.5 Å². The average Bonchev–Trinajstić information content (AvgIpc) is 3.40. The molecule has 1 heterocycles. The Morgan fingerprint density at radius 2 is 1.74 bits per heavy atom. The Balaban J connectivity index is 1.38. The molecule has 1 fully saturated rings. The minimum absolute atomic E-state index is 0.0529. The predicted molar refractivity (Wildman–Crippen MR) is 125 cm³/mol. The van der Waals surface area contributed by atoms with E-state index in [2.05, 4.69) is 29.6 Å². The maximum absolute atomic E-state index is 13.0. The summed E-state index contributed by atoms with van der Waals surface area (Å²) in [7, 11) is 0. The fourth-order valence-corrected chi connectivity index (χ4v) is 4.98. The highest BCUT2D eigenvalue weighted by molar-refractivity contribution is 5.84. The van der Waals surface area contributed by atoms with Gasteiger partial charge in [-0.1, -0.05) is 48.5 Å². The quantitative estimate of drug-likeness (QED) is 0.618. The summed E-state index contributed by atoms with van der Waals surface area (Å²) >= 11 is 0. The Labute approximate surface area is 198 Å². The minimum Gasteiger partial charge on any atom is -0.481 e. The normalized spacial score (nSPS) is 19.7. The van der Waals surface area contributed by atoms with Crippen molar-refractivity contribution in [3.8, 4) is 11.1 Å².